The lowest BCUT2D eigenvalue weighted by Crippen LogP contribution is -2.15. The number of aryl methyl sites for hydroxylation is 1. The molecule has 0 fully saturated rings. The van der Waals surface area contributed by atoms with E-state index < -0.39 is 0 Å². The second-order valence-corrected chi connectivity index (χ2v) is 5.56. The Morgan fingerprint density at radius 1 is 1.17 bits per heavy atom. The van der Waals surface area contributed by atoms with Crippen molar-refractivity contribution < 1.29 is 9.53 Å². The Morgan fingerprint density at radius 2 is 1.96 bits per heavy atom. The van der Waals surface area contributed by atoms with Crippen LogP contribution in [0.15, 0.2) is 60.8 Å². The number of carbonyl (C=O) groups excluding carboxylic acids is 1. The molecule has 1 heterocycles. The number of carbonyl (C=O) groups is 1. The maximum Gasteiger partial charge on any atom is 0.229 e. The molecule has 0 atom stereocenters. The number of benzene rings is 2. The number of hydrogen-bond acceptors (Lipinski definition) is 3. The van der Waals surface area contributed by atoms with Crippen molar-refractivity contribution in [3.63, 3.8) is 0 Å². The molecule has 122 valence electrons. The number of methoxy groups -OCH3 is 1. The average Bonchev–Trinajstić information content (AvgIpc) is 3.04. The Morgan fingerprint density at radius 3 is 2.67 bits per heavy atom. The van der Waals surface area contributed by atoms with Crippen LogP contribution >= 0.6 is 0 Å². The van der Waals surface area contributed by atoms with E-state index in [0.29, 0.717) is 12.2 Å². The number of ether oxygens (including phenoxy) is 1. The summed E-state index contributed by atoms with van der Waals surface area (Å²) in [4.78, 5) is 12.1. The van der Waals surface area contributed by atoms with Gasteiger partial charge in [0, 0.05) is 12.3 Å². The smallest absolute Gasteiger partial charge is 0.229 e. The molecule has 24 heavy (non-hydrogen) atoms. The summed E-state index contributed by atoms with van der Waals surface area (Å²) in [5.74, 6) is 1.21. The van der Waals surface area contributed by atoms with Crippen LogP contribution in [0.4, 0.5) is 5.82 Å². The van der Waals surface area contributed by atoms with Gasteiger partial charge in [-0.1, -0.05) is 24.3 Å². The van der Waals surface area contributed by atoms with Crippen LogP contribution < -0.4 is 10.1 Å². The maximum atomic E-state index is 12.1. The zero-order chi connectivity index (χ0) is 16.9. The fourth-order valence-corrected chi connectivity index (χ4v) is 2.42. The van der Waals surface area contributed by atoms with E-state index in [4.69, 9.17) is 4.74 Å². The predicted octanol–water partition coefficient (Wildman–Crippen LogP) is 3.37. The number of anilines is 1. The second-order valence-electron chi connectivity index (χ2n) is 5.56. The highest BCUT2D eigenvalue weighted by molar-refractivity contribution is 5.91. The molecular weight excluding hydrogens is 302 g/mol. The van der Waals surface area contributed by atoms with Gasteiger partial charge >= 0.3 is 0 Å². The van der Waals surface area contributed by atoms with Gasteiger partial charge in [0.25, 0.3) is 0 Å². The van der Waals surface area contributed by atoms with E-state index in [1.54, 1.807) is 17.9 Å². The molecule has 2 aromatic carbocycles. The van der Waals surface area contributed by atoms with Crippen molar-refractivity contribution in [2.24, 2.45) is 0 Å². The number of hydrogen-bond donors (Lipinski definition) is 1. The molecular formula is C19H19N3O2. The number of aromatic nitrogens is 2. The van der Waals surface area contributed by atoms with Crippen LogP contribution in [0.25, 0.3) is 5.69 Å². The number of nitrogens with zero attached hydrogens (tertiary/aromatic N) is 2. The SMILES string of the molecule is COc1ccc(CC(=O)Nc2ccn(-c3cccc(C)c3)n2)cc1. The van der Waals surface area contributed by atoms with Gasteiger partial charge in [0.15, 0.2) is 5.82 Å². The summed E-state index contributed by atoms with van der Waals surface area (Å²) < 4.78 is 6.86. The summed E-state index contributed by atoms with van der Waals surface area (Å²) >= 11 is 0. The lowest BCUT2D eigenvalue weighted by atomic mass is 10.1. The molecule has 3 aromatic rings. The summed E-state index contributed by atoms with van der Waals surface area (Å²) in [6, 6.07) is 17.3. The van der Waals surface area contributed by atoms with Gasteiger partial charge in [0.05, 0.1) is 19.2 Å². The largest absolute Gasteiger partial charge is 0.497 e. The molecule has 0 aliphatic rings. The van der Waals surface area contributed by atoms with Crippen molar-refractivity contribution >= 4 is 11.7 Å². The van der Waals surface area contributed by atoms with Crippen molar-refractivity contribution in [1.82, 2.24) is 9.78 Å². The molecule has 0 radical (unpaired) electrons. The van der Waals surface area contributed by atoms with Gasteiger partial charge < -0.3 is 10.1 Å². The van der Waals surface area contributed by atoms with Gasteiger partial charge in [-0.2, -0.15) is 5.10 Å². The third-order valence-corrected chi connectivity index (χ3v) is 3.65. The van der Waals surface area contributed by atoms with E-state index in [0.717, 1.165) is 22.6 Å². The summed E-state index contributed by atoms with van der Waals surface area (Å²) in [7, 11) is 1.62. The number of amides is 1. The molecule has 5 heteroatoms. The molecule has 0 unspecified atom stereocenters. The molecule has 3 rings (SSSR count). The minimum Gasteiger partial charge on any atom is -0.497 e. The van der Waals surface area contributed by atoms with E-state index in [-0.39, 0.29) is 5.91 Å². The highest BCUT2D eigenvalue weighted by Crippen LogP contribution is 2.14. The van der Waals surface area contributed by atoms with Crippen molar-refractivity contribution in [3.8, 4) is 11.4 Å². The van der Waals surface area contributed by atoms with Crippen LogP contribution in [0.2, 0.25) is 0 Å². The maximum absolute atomic E-state index is 12.1. The standard InChI is InChI=1S/C19H19N3O2/c1-14-4-3-5-16(12-14)22-11-10-18(21-22)20-19(23)13-15-6-8-17(24-2)9-7-15/h3-12H,13H2,1-2H3,(H,20,21,23). The Bertz CT molecular complexity index is 838. The van der Waals surface area contributed by atoms with Crippen molar-refractivity contribution in [2.45, 2.75) is 13.3 Å². The van der Waals surface area contributed by atoms with Crippen LogP contribution in [-0.4, -0.2) is 22.8 Å². The second kappa shape index (κ2) is 7.00. The number of rotatable bonds is 5. The summed E-state index contributed by atoms with van der Waals surface area (Å²) in [5.41, 5.74) is 3.05. The minimum atomic E-state index is -0.102. The number of nitrogens with one attached hydrogen (secondary N) is 1. The molecule has 1 aromatic heterocycles. The van der Waals surface area contributed by atoms with Crippen molar-refractivity contribution in [3.05, 3.63) is 71.9 Å². The molecule has 1 amide bonds. The first kappa shape index (κ1) is 15.8. The van der Waals surface area contributed by atoms with Gasteiger partial charge in [-0.05, 0) is 42.3 Å². The highest BCUT2D eigenvalue weighted by Gasteiger charge is 2.07. The minimum absolute atomic E-state index is 0.102. The van der Waals surface area contributed by atoms with E-state index in [9.17, 15) is 4.79 Å². The molecule has 5 nitrogen and oxygen atoms in total. The Hall–Kier alpha value is -3.08. The van der Waals surface area contributed by atoms with Crippen LogP contribution in [0.5, 0.6) is 5.75 Å². The first-order valence-corrected chi connectivity index (χ1v) is 7.69. The van der Waals surface area contributed by atoms with Crippen LogP contribution in [-0.2, 0) is 11.2 Å². The molecule has 0 saturated heterocycles. The lowest BCUT2D eigenvalue weighted by molar-refractivity contribution is -0.115. The van der Waals surface area contributed by atoms with Gasteiger partial charge in [-0.25, -0.2) is 4.68 Å². The molecule has 0 aliphatic carbocycles. The first-order valence-electron chi connectivity index (χ1n) is 7.69. The quantitative estimate of drug-likeness (QED) is 0.784. The van der Waals surface area contributed by atoms with Gasteiger partial charge in [0.1, 0.15) is 5.75 Å². The van der Waals surface area contributed by atoms with Crippen LogP contribution in [0.3, 0.4) is 0 Å². The summed E-state index contributed by atoms with van der Waals surface area (Å²) in [5, 5.41) is 7.22. The molecule has 0 saturated carbocycles. The zero-order valence-corrected chi connectivity index (χ0v) is 13.7. The van der Waals surface area contributed by atoms with E-state index >= 15 is 0 Å². The highest BCUT2D eigenvalue weighted by atomic mass is 16.5. The third kappa shape index (κ3) is 3.81. The van der Waals surface area contributed by atoms with Crippen molar-refractivity contribution in [2.75, 3.05) is 12.4 Å². The van der Waals surface area contributed by atoms with Crippen LogP contribution in [0.1, 0.15) is 11.1 Å². The summed E-state index contributed by atoms with van der Waals surface area (Å²) in [6.45, 7) is 2.03. The Balaban J connectivity index is 1.64. The van der Waals surface area contributed by atoms with E-state index in [1.165, 1.54) is 0 Å². The fourth-order valence-electron chi connectivity index (χ4n) is 2.42. The van der Waals surface area contributed by atoms with E-state index in [1.807, 2.05) is 61.7 Å². The molecule has 0 spiro atoms. The topological polar surface area (TPSA) is 56.1 Å². The van der Waals surface area contributed by atoms with Gasteiger partial charge in [-0.15, -0.1) is 0 Å². The molecule has 0 bridgehead atoms. The monoisotopic (exact) mass is 321 g/mol. The Kier molecular flexibility index (Phi) is 4.61. The molecule has 1 N–H and O–H groups in total. The molecule has 0 aliphatic heterocycles. The first-order chi connectivity index (χ1) is 11.6. The fraction of sp³-hybridized carbons (Fsp3) is 0.158. The van der Waals surface area contributed by atoms with Gasteiger partial charge in [0.2, 0.25) is 5.91 Å². The van der Waals surface area contributed by atoms with Crippen molar-refractivity contribution in [1.29, 1.82) is 0 Å². The lowest BCUT2D eigenvalue weighted by Gasteiger charge is -2.05. The average molecular weight is 321 g/mol. The Labute approximate surface area is 140 Å². The normalized spacial score (nSPS) is 10.4. The van der Waals surface area contributed by atoms with E-state index in [2.05, 4.69) is 10.4 Å². The zero-order valence-electron chi connectivity index (χ0n) is 13.7. The van der Waals surface area contributed by atoms with Gasteiger partial charge in [-0.3, -0.25) is 4.79 Å². The predicted molar refractivity (Wildman–Crippen MR) is 93.6 cm³/mol. The summed E-state index contributed by atoms with van der Waals surface area (Å²) in [6.07, 6.45) is 2.12. The van der Waals surface area contributed by atoms with Crippen LogP contribution in [0, 0.1) is 6.92 Å². The third-order valence-electron chi connectivity index (χ3n) is 3.65.